The Hall–Kier alpha value is -3.75. The Morgan fingerprint density at radius 3 is 2.21 bits per heavy atom. The number of carbonyl (C=O) groups excluding carboxylic acids is 3. The molecule has 28 heavy (non-hydrogen) atoms. The number of carbonyl (C=O) groups is 3. The summed E-state index contributed by atoms with van der Waals surface area (Å²) in [6.45, 7) is 3.43. The van der Waals surface area contributed by atoms with Crippen LogP contribution in [0.3, 0.4) is 0 Å². The zero-order valence-corrected chi connectivity index (χ0v) is 15.7. The van der Waals surface area contributed by atoms with Gasteiger partial charge >= 0.3 is 6.03 Å². The molecule has 0 N–H and O–H groups in total. The molecule has 1 aromatic carbocycles. The lowest BCUT2D eigenvalue weighted by atomic mass is 10.0. The van der Waals surface area contributed by atoms with Gasteiger partial charge in [0, 0.05) is 31.3 Å². The molecule has 0 aliphatic carbocycles. The molecule has 1 saturated heterocycles. The summed E-state index contributed by atoms with van der Waals surface area (Å²) in [5, 5.41) is 11.2. The number of nitro groups is 1. The number of hydrogen-bond acceptors (Lipinski definition) is 6. The zero-order chi connectivity index (χ0) is 20.7. The molecule has 0 bridgehead atoms. The van der Waals surface area contributed by atoms with Crippen molar-refractivity contribution in [3.8, 4) is 11.3 Å². The van der Waals surface area contributed by atoms with Crippen LogP contribution in [0, 0.1) is 24.0 Å². The highest BCUT2D eigenvalue weighted by Gasteiger charge is 2.38. The molecule has 1 aromatic heterocycles. The molecule has 0 saturated carbocycles. The number of barbiturate groups is 1. The molecule has 144 valence electrons. The van der Waals surface area contributed by atoms with Crippen LogP contribution in [0.2, 0.25) is 0 Å². The third-order valence-electron chi connectivity index (χ3n) is 4.68. The molecule has 0 spiro atoms. The van der Waals surface area contributed by atoms with Gasteiger partial charge < -0.3 is 4.42 Å². The Labute approximate surface area is 160 Å². The molecule has 0 atom stereocenters. The summed E-state index contributed by atoms with van der Waals surface area (Å²) in [6.07, 6.45) is 1.25. The minimum Gasteiger partial charge on any atom is -0.457 e. The smallest absolute Gasteiger partial charge is 0.333 e. The number of nitrogens with zero attached hydrogens (tertiary/aromatic N) is 3. The average molecular weight is 383 g/mol. The molecule has 9 heteroatoms. The van der Waals surface area contributed by atoms with E-state index in [2.05, 4.69) is 0 Å². The third kappa shape index (κ3) is 3.07. The number of urea groups is 1. The SMILES string of the molecule is Cc1cc(-c2ccc(C=C3C(=O)N(C)C(=O)N(C)C3=O)o2)cc([N+](=O)[O-])c1C. The van der Waals surface area contributed by atoms with Crippen LogP contribution in [-0.4, -0.2) is 46.7 Å². The number of likely N-dealkylation sites (N-methyl/N-ethyl adjacent to an activating group) is 2. The van der Waals surface area contributed by atoms with Gasteiger partial charge in [0.1, 0.15) is 17.1 Å². The van der Waals surface area contributed by atoms with Gasteiger partial charge in [-0.1, -0.05) is 0 Å². The first-order valence-electron chi connectivity index (χ1n) is 8.29. The van der Waals surface area contributed by atoms with Crippen LogP contribution in [0.4, 0.5) is 10.5 Å². The molecule has 0 unspecified atom stereocenters. The molecule has 2 heterocycles. The van der Waals surface area contributed by atoms with E-state index in [1.165, 1.54) is 26.2 Å². The summed E-state index contributed by atoms with van der Waals surface area (Å²) >= 11 is 0. The summed E-state index contributed by atoms with van der Waals surface area (Å²) < 4.78 is 5.67. The number of benzene rings is 1. The number of aryl methyl sites for hydroxylation is 1. The van der Waals surface area contributed by atoms with Crippen molar-refractivity contribution in [2.45, 2.75) is 13.8 Å². The van der Waals surface area contributed by atoms with Crippen LogP contribution >= 0.6 is 0 Å². The van der Waals surface area contributed by atoms with Crippen molar-refractivity contribution in [1.82, 2.24) is 9.80 Å². The van der Waals surface area contributed by atoms with Crippen LogP contribution in [0.1, 0.15) is 16.9 Å². The highest BCUT2D eigenvalue weighted by Crippen LogP contribution is 2.31. The molecule has 9 nitrogen and oxygen atoms in total. The van der Waals surface area contributed by atoms with E-state index in [1.807, 2.05) is 0 Å². The Bertz CT molecular complexity index is 1040. The van der Waals surface area contributed by atoms with Crippen molar-refractivity contribution in [3.63, 3.8) is 0 Å². The quantitative estimate of drug-likeness (QED) is 0.348. The normalized spacial score (nSPS) is 14.7. The first-order chi connectivity index (χ1) is 13.1. The van der Waals surface area contributed by atoms with E-state index in [4.69, 9.17) is 4.42 Å². The fourth-order valence-electron chi connectivity index (χ4n) is 2.88. The monoisotopic (exact) mass is 383 g/mol. The molecule has 1 aliphatic rings. The second kappa shape index (κ2) is 6.76. The summed E-state index contributed by atoms with van der Waals surface area (Å²) in [5.41, 5.74) is 1.57. The van der Waals surface area contributed by atoms with E-state index in [0.29, 0.717) is 16.9 Å². The van der Waals surface area contributed by atoms with Crippen molar-refractivity contribution in [3.05, 3.63) is 56.8 Å². The maximum Gasteiger partial charge on any atom is 0.333 e. The van der Waals surface area contributed by atoms with E-state index < -0.39 is 22.8 Å². The lowest BCUT2D eigenvalue weighted by molar-refractivity contribution is -0.385. The number of nitro benzene ring substituents is 1. The summed E-state index contributed by atoms with van der Waals surface area (Å²) in [5.74, 6) is -0.893. The van der Waals surface area contributed by atoms with Crippen molar-refractivity contribution >= 4 is 29.6 Å². The fraction of sp³-hybridized carbons (Fsp3) is 0.211. The average Bonchev–Trinajstić information content (AvgIpc) is 3.12. The second-order valence-corrected chi connectivity index (χ2v) is 6.47. The number of hydrogen-bond donors (Lipinski definition) is 0. The largest absolute Gasteiger partial charge is 0.457 e. The van der Waals surface area contributed by atoms with Gasteiger partial charge in [-0.15, -0.1) is 0 Å². The Morgan fingerprint density at radius 1 is 1.04 bits per heavy atom. The predicted molar refractivity (Wildman–Crippen MR) is 99.2 cm³/mol. The van der Waals surface area contributed by atoms with E-state index in [1.54, 1.807) is 32.0 Å². The Kier molecular flexibility index (Phi) is 4.60. The van der Waals surface area contributed by atoms with Crippen molar-refractivity contribution in [2.24, 2.45) is 0 Å². The number of imide groups is 2. The van der Waals surface area contributed by atoms with Gasteiger partial charge in [0.2, 0.25) is 0 Å². The molecule has 0 radical (unpaired) electrons. The van der Waals surface area contributed by atoms with Crippen molar-refractivity contribution in [1.29, 1.82) is 0 Å². The fourth-order valence-corrected chi connectivity index (χ4v) is 2.88. The zero-order valence-electron chi connectivity index (χ0n) is 15.7. The first-order valence-corrected chi connectivity index (χ1v) is 8.29. The molecule has 1 aliphatic heterocycles. The molecule has 1 fully saturated rings. The van der Waals surface area contributed by atoms with E-state index in [0.717, 1.165) is 15.4 Å². The van der Waals surface area contributed by atoms with Crippen LogP contribution in [-0.2, 0) is 9.59 Å². The van der Waals surface area contributed by atoms with E-state index in [9.17, 15) is 24.5 Å². The summed E-state index contributed by atoms with van der Waals surface area (Å²) in [6, 6.07) is 5.59. The van der Waals surface area contributed by atoms with E-state index >= 15 is 0 Å². The van der Waals surface area contributed by atoms with Gasteiger partial charge in [-0.2, -0.15) is 0 Å². The van der Waals surface area contributed by atoms with Gasteiger partial charge in [-0.25, -0.2) is 4.79 Å². The second-order valence-electron chi connectivity index (χ2n) is 6.47. The molecular weight excluding hydrogens is 366 g/mol. The minimum atomic E-state index is -0.729. The lowest BCUT2D eigenvalue weighted by Gasteiger charge is -2.28. The molecule has 3 rings (SSSR count). The van der Waals surface area contributed by atoms with E-state index in [-0.39, 0.29) is 17.0 Å². The van der Waals surface area contributed by atoms with Gasteiger partial charge in [-0.3, -0.25) is 29.5 Å². The topological polar surface area (TPSA) is 114 Å². The van der Waals surface area contributed by atoms with Gasteiger partial charge in [0.05, 0.1) is 4.92 Å². The maximum atomic E-state index is 12.2. The van der Waals surface area contributed by atoms with Gasteiger partial charge in [0.15, 0.2) is 0 Å². The molecular formula is C19H17N3O6. The highest BCUT2D eigenvalue weighted by molar-refractivity contribution is 6.30. The number of furan rings is 1. The lowest BCUT2D eigenvalue weighted by Crippen LogP contribution is -2.52. The van der Waals surface area contributed by atoms with Gasteiger partial charge in [0.25, 0.3) is 17.5 Å². The van der Waals surface area contributed by atoms with Crippen LogP contribution in [0.25, 0.3) is 17.4 Å². The molecule has 2 aromatic rings. The summed E-state index contributed by atoms with van der Waals surface area (Å²) in [7, 11) is 2.56. The number of rotatable bonds is 3. The van der Waals surface area contributed by atoms with Crippen LogP contribution < -0.4 is 0 Å². The van der Waals surface area contributed by atoms with Crippen molar-refractivity contribution in [2.75, 3.05) is 14.1 Å². The standard InChI is InChI=1S/C19H17N3O6/c1-10-7-12(8-15(11(10)2)22(26)27)16-6-5-13(28-16)9-14-17(23)20(3)19(25)21(4)18(14)24/h5-9H,1-4H3. The Balaban J connectivity index is 2.00. The number of amides is 4. The third-order valence-corrected chi connectivity index (χ3v) is 4.68. The van der Waals surface area contributed by atoms with Crippen molar-refractivity contribution < 1.29 is 23.7 Å². The molecule has 4 amide bonds. The maximum absolute atomic E-state index is 12.2. The minimum absolute atomic E-state index is 0.0225. The van der Waals surface area contributed by atoms with Crippen LogP contribution in [0.5, 0.6) is 0 Å². The highest BCUT2D eigenvalue weighted by atomic mass is 16.6. The van der Waals surface area contributed by atoms with Crippen LogP contribution in [0.15, 0.2) is 34.3 Å². The Morgan fingerprint density at radius 2 is 1.64 bits per heavy atom. The summed E-state index contributed by atoms with van der Waals surface area (Å²) in [4.78, 5) is 48.7. The van der Waals surface area contributed by atoms with Gasteiger partial charge in [-0.05, 0) is 43.7 Å². The predicted octanol–water partition coefficient (Wildman–Crippen LogP) is 2.91. The first kappa shape index (κ1) is 19.0.